The molecular formula is C8H7BrO2S. The van der Waals surface area contributed by atoms with E-state index in [9.17, 15) is 4.79 Å². The Balaban J connectivity index is 2.91. The van der Waals surface area contributed by atoms with Crippen molar-refractivity contribution in [3.05, 3.63) is 26.9 Å². The maximum absolute atomic E-state index is 10.3. The highest BCUT2D eigenvalue weighted by Gasteiger charge is 2.00. The zero-order valence-electron chi connectivity index (χ0n) is 6.37. The van der Waals surface area contributed by atoms with Gasteiger partial charge >= 0.3 is 5.97 Å². The van der Waals surface area contributed by atoms with E-state index in [-0.39, 0.29) is 0 Å². The molecular weight excluding hydrogens is 240 g/mol. The molecule has 0 atom stereocenters. The summed E-state index contributed by atoms with van der Waals surface area (Å²) in [6, 6.07) is 1.90. The first-order chi connectivity index (χ1) is 5.59. The van der Waals surface area contributed by atoms with E-state index >= 15 is 0 Å². The molecule has 1 aromatic rings. The van der Waals surface area contributed by atoms with Crippen LogP contribution in [-0.2, 0) is 4.79 Å². The van der Waals surface area contributed by atoms with Crippen LogP contribution >= 0.6 is 27.3 Å². The lowest BCUT2D eigenvalue weighted by Crippen LogP contribution is -1.88. The molecule has 0 radical (unpaired) electrons. The Hall–Kier alpha value is -0.610. The summed E-state index contributed by atoms with van der Waals surface area (Å²) in [7, 11) is 0. The van der Waals surface area contributed by atoms with E-state index in [0.29, 0.717) is 0 Å². The van der Waals surface area contributed by atoms with Gasteiger partial charge in [0.25, 0.3) is 0 Å². The number of carboxylic acid groups (broad SMARTS) is 1. The molecule has 0 saturated carbocycles. The van der Waals surface area contributed by atoms with Crippen molar-refractivity contribution in [2.45, 2.75) is 6.92 Å². The smallest absolute Gasteiger partial charge is 0.328 e. The van der Waals surface area contributed by atoms with E-state index in [0.717, 1.165) is 14.9 Å². The van der Waals surface area contributed by atoms with Crippen LogP contribution in [0.5, 0.6) is 0 Å². The van der Waals surface area contributed by atoms with Gasteiger partial charge in [0, 0.05) is 20.8 Å². The van der Waals surface area contributed by atoms with Crippen LogP contribution in [0.4, 0.5) is 0 Å². The molecule has 0 unspecified atom stereocenters. The zero-order valence-corrected chi connectivity index (χ0v) is 8.78. The molecule has 0 aliphatic carbocycles. The Morgan fingerprint density at radius 1 is 1.75 bits per heavy atom. The Labute approximate surface area is 82.7 Å². The Morgan fingerprint density at radius 2 is 2.42 bits per heavy atom. The van der Waals surface area contributed by atoms with Crippen LogP contribution in [0.15, 0.2) is 22.0 Å². The highest BCUT2D eigenvalue weighted by molar-refractivity contribution is 9.10. The molecule has 0 amide bonds. The molecule has 12 heavy (non-hydrogen) atoms. The number of carboxylic acids is 1. The third-order valence-corrected chi connectivity index (χ3v) is 3.12. The first-order valence-corrected chi connectivity index (χ1v) is 4.92. The normalized spacial score (nSPS) is 11.7. The molecule has 0 aliphatic heterocycles. The van der Waals surface area contributed by atoms with Gasteiger partial charge in [-0.25, -0.2) is 4.79 Å². The molecule has 64 valence electrons. The highest BCUT2D eigenvalue weighted by atomic mass is 79.9. The maximum atomic E-state index is 10.3. The Kier molecular flexibility index (Phi) is 3.05. The quantitative estimate of drug-likeness (QED) is 0.815. The topological polar surface area (TPSA) is 37.3 Å². The van der Waals surface area contributed by atoms with Crippen molar-refractivity contribution in [1.82, 2.24) is 0 Å². The monoisotopic (exact) mass is 246 g/mol. The van der Waals surface area contributed by atoms with Gasteiger partial charge in [0.15, 0.2) is 0 Å². The lowest BCUT2D eigenvalue weighted by Gasteiger charge is -1.91. The van der Waals surface area contributed by atoms with Crippen molar-refractivity contribution in [2.75, 3.05) is 0 Å². The number of halogens is 1. The maximum Gasteiger partial charge on any atom is 0.328 e. The van der Waals surface area contributed by atoms with E-state index in [1.165, 1.54) is 17.4 Å². The fourth-order valence-electron chi connectivity index (χ4n) is 0.776. The SMILES string of the molecule is C/C(=C\C(=O)O)c1cc(Br)cs1. The van der Waals surface area contributed by atoms with Crippen LogP contribution in [0.25, 0.3) is 5.57 Å². The molecule has 0 aromatic carbocycles. The minimum Gasteiger partial charge on any atom is -0.478 e. The first-order valence-electron chi connectivity index (χ1n) is 3.25. The van der Waals surface area contributed by atoms with Gasteiger partial charge in [0.1, 0.15) is 0 Å². The summed E-state index contributed by atoms with van der Waals surface area (Å²) in [5, 5.41) is 10.4. The van der Waals surface area contributed by atoms with Crippen LogP contribution in [0.2, 0.25) is 0 Å². The van der Waals surface area contributed by atoms with Gasteiger partial charge in [-0.15, -0.1) is 11.3 Å². The molecule has 4 heteroatoms. The molecule has 0 saturated heterocycles. The second-order valence-corrected chi connectivity index (χ2v) is 4.12. The zero-order chi connectivity index (χ0) is 9.14. The van der Waals surface area contributed by atoms with Gasteiger partial charge in [0.2, 0.25) is 0 Å². The molecule has 0 spiro atoms. The minimum atomic E-state index is -0.906. The predicted octanol–water partition coefficient (Wildman–Crippen LogP) is 3.00. The van der Waals surface area contributed by atoms with E-state index in [1.54, 1.807) is 6.92 Å². The van der Waals surface area contributed by atoms with Crippen LogP contribution in [0.1, 0.15) is 11.8 Å². The van der Waals surface area contributed by atoms with E-state index in [1.807, 2.05) is 11.4 Å². The van der Waals surface area contributed by atoms with Crippen molar-refractivity contribution in [1.29, 1.82) is 0 Å². The van der Waals surface area contributed by atoms with Gasteiger partial charge in [-0.05, 0) is 34.5 Å². The second-order valence-electron chi connectivity index (χ2n) is 2.29. The third kappa shape index (κ3) is 2.46. The summed E-state index contributed by atoms with van der Waals surface area (Å²) >= 11 is 4.82. The number of thiophene rings is 1. The van der Waals surface area contributed by atoms with Crippen molar-refractivity contribution >= 4 is 38.8 Å². The fourth-order valence-corrected chi connectivity index (χ4v) is 2.18. The number of hydrogen-bond donors (Lipinski definition) is 1. The summed E-state index contributed by atoms with van der Waals surface area (Å²) in [6.07, 6.45) is 1.21. The van der Waals surface area contributed by atoms with Crippen molar-refractivity contribution in [3.63, 3.8) is 0 Å². The lowest BCUT2D eigenvalue weighted by atomic mass is 10.2. The summed E-state index contributed by atoms with van der Waals surface area (Å²) in [4.78, 5) is 11.3. The Morgan fingerprint density at radius 3 is 2.83 bits per heavy atom. The van der Waals surface area contributed by atoms with E-state index in [2.05, 4.69) is 15.9 Å². The number of carbonyl (C=O) groups is 1. The first kappa shape index (κ1) is 9.48. The molecule has 2 nitrogen and oxygen atoms in total. The van der Waals surface area contributed by atoms with Crippen LogP contribution < -0.4 is 0 Å². The molecule has 0 bridgehead atoms. The highest BCUT2D eigenvalue weighted by Crippen LogP contribution is 2.25. The average Bonchev–Trinajstić information content (AvgIpc) is 2.34. The molecule has 1 aromatic heterocycles. The number of aliphatic carboxylic acids is 1. The number of allylic oxidation sites excluding steroid dienone is 1. The number of rotatable bonds is 2. The van der Waals surface area contributed by atoms with E-state index < -0.39 is 5.97 Å². The molecule has 1 N–H and O–H groups in total. The van der Waals surface area contributed by atoms with Crippen molar-refractivity contribution in [2.24, 2.45) is 0 Å². The van der Waals surface area contributed by atoms with E-state index in [4.69, 9.17) is 5.11 Å². The minimum absolute atomic E-state index is 0.776. The summed E-state index contributed by atoms with van der Waals surface area (Å²) in [6.45, 7) is 1.78. The van der Waals surface area contributed by atoms with Gasteiger partial charge in [0.05, 0.1) is 0 Å². The summed E-state index contributed by atoms with van der Waals surface area (Å²) in [5.41, 5.74) is 0.776. The predicted molar refractivity (Wildman–Crippen MR) is 53.3 cm³/mol. The van der Waals surface area contributed by atoms with Gasteiger partial charge in [-0.2, -0.15) is 0 Å². The van der Waals surface area contributed by atoms with Crippen LogP contribution in [0, 0.1) is 0 Å². The molecule has 1 rings (SSSR count). The van der Waals surface area contributed by atoms with Gasteiger partial charge in [-0.1, -0.05) is 0 Å². The third-order valence-electron chi connectivity index (χ3n) is 1.30. The average molecular weight is 247 g/mol. The molecule has 0 fully saturated rings. The van der Waals surface area contributed by atoms with Crippen molar-refractivity contribution < 1.29 is 9.90 Å². The largest absolute Gasteiger partial charge is 0.478 e. The lowest BCUT2D eigenvalue weighted by molar-refractivity contribution is -0.131. The summed E-state index contributed by atoms with van der Waals surface area (Å²) < 4.78 is 0.987. The standard InChI is InChI=1S/C8H7BrO2S/c1-5(2-8(10)11)7-3-6(9)4-12-7/h2-4H,1H3,(H,10,11)/b5-2+. The Bertz CT molecular complexity index is 328. The molecule has 0 aliphatic rings. The van der Waals surface area contributed by atoms with Crippen LogP contribution in [-0.4, -0.2) is 11.1 Å². The van der Waals surface area contributed by atoms with Crippen molar-refractivity contribution in [3.8, 4) is 0 Å². The number of hydrogen-bond acceptors (Lipinski definition) is 2. The molecule has 1 heterocycles. The fraction of sp³-hybridized carbons (Fsp3) is 0.125. The summed E-state index contributed by atoms with van der Waals surface area (Å²) in [5.74, 6) is -0.906. The second kappa shape index (κ2) is 3.87. The van der Waals surface area contributed by atoms with Crippen LogP contribution in [0.3, 0.4) is 0 Å². The van der Waals surface area contributed by atoms with Gasteiger partial charge < -0.3 is 5.11 Å². The van der Waals surface area contributed by atoms with Gasteiger partial charge in [-0.3, -0.25) is 0 Å².